The van der Waals surface area contributed by atoms with Gasteiger partial charge in [-0.3, -0.25) is 19.7 Å². The summed E-state index contributed by atoms with van der Waals surface area (Å²) in [5.41, 5.74) is 1.59. The van der Waals surface area contributed by atoms with E-state index in [0.717, 1.165) is 5.56 Å². The highest BCUT2D eigenvalue weighted by molar-refractivity contribution is 6.05. The van der Waals surface area contributed by atoms with Crippen molar-refractivity contribution in [1.29, 1.82) is 0 Å². The van der Waals surface area contributed by atoms with Gasteiger partial charge in [0.2, 0.25) is 11.8 Å². The van der Waals surface area contributed by atoms with E-state index in [4.69, 9.17) is 0 Å². The Balaban J connectivity index is 0.000000388. The second-order valence-corrected chi connectivity index (χ2v) is 6.00. The number of piperidine rings is 1. The first-order chi connectivity index (χ1) is 11.9. The molecule has 0 aliphatic carbocycles. The Morgan fingerprint density at radius 3 is 2.28 bits per heavy atom. The average Bonchev–Trinajstić information content (AvgIpc) is 2.94. The van der Waals surface area contributed by atoms with Gasteiger partial charge in [-0.05, 0) is 25.1 Å². The molecule has 0 bridgehead atoms. The fourth-order valence-corrected chi connectivity index (χ4v) is 2.51. The SMILES string of the molecule is CC.CNC(C)C.O=C1CCC(N2Cc3ccccc3C2=O)C(=O)N1. The van der Waals surface area contributed by atoms with Crippen molar-refractivity contribution in [3.8, 4) is 0 Å². The minimum atomic E-state index is -0.525. The van der Waals surface area contributed by atoms with E-state index in [2.05, 4.69) is 24.5 Å². The van der Waals surface area contributed by atoms with Crippen molar-refractivity contribution < 1.29 is 14.4 Å². The predicted molar refractivity (Wildman–Crippen MR) is 98.0 cm³/mol. The van der Waals surface area contributed by atoms with Gasteiger partial charge in [0, 0.05) is 24.6 Å². The topological polar surface area (TPSA) is 78.5 Å². The molecule has 1 aromatic carbocycles. The number of nitrogens with one attached hydrogen (secondary N) is 2. The van der Waals surface area contributed by atoms with Gasteiger partial charge in [-0.1, -0.05) is 45.9 Å². The van der Waals surface area contributed by atoms with E-state index in [-0.39, 0.29) is 24.1 Å². The summed E-state index contributed by atoms with van der Waals surface area (Å²) >= 11 is 0. The third-order valence-electron chi connectivity index (χ3n) is 4.01. The quantitative estimate of drug-likeness (QED) is 0.803. The van der Waals surface area contributed by atoms with Crippen molar-refractivity contribution in [3.63, 3.8) is 0 Å². The van der Waals surface area contributed by atoms with Crippen LogP contribution in [-0.4, -0.2) is 41.8 Å². The van der Waals surface area contributed by atoms with Crippen molar-refractivity contribution >= 4 is 17.7 Å². The fourth-order valence-electron chi connectivity index (χ4n) is 2.51. The minimum Gasteiger partial charge on any atom is -0.322 e. The molecule has 3 amide bonds. The Labute approximate surface area is 150 Å². The Morgan fingerprint density at radius 1 is 1.16 bits per heavy atom. The number of carbonyl (C=O) groups excluding carboxylic acids is 3. The zero-order valence-corrected chi connectivity index (χ0v) is 15.8. The van der Waals surface area contributed by atoms with Crippen LogP contribution in [0.3, 0.4) is 0 Å². The third kappa shape index (κ3) is 5.39. The van der Waals surface area contributed by atoms with E-state index in [0.29, 0.717) is 24.6 Å². The highest BCUT2D eigenvalue weighted by Crippen LogP contribution is 2.26. The standard InChI is InChI=1S/C13H12N2O3.C4H11N.C2H6/c16-11-6-5-10(12(17)14-11)15-7-8-3-1-2-4-9(8)13(15)18;1-4(2)5-3;1-2/h1-4,10H,5-7H2,(H,14,16,17);4-5H,1-3H3;1-2H3. The lowest BCUT2D eigenvalue weighted by Crippen LogP contribution is -2.52. The predicted octanol–water partition coefficient (Wildman–Crippen LogP) is 2.09. The molecule has 138 valence electrons. The molecule has 2 N–H and O–H groups in total. The number of imide groups is 1. The molecule has 0 aromatic heterocycles. The zero-order chi connectivity index (χ0) is 19.0. The van der Waals surface area contributed by atoms with Crippen LogP contribution in [0.2, 0.25) is 0 Å². The summed E-state index contributed by atoms with van der Waals surface area (Å²) in [6, 6.07) is 7.45. The third-order valence-corrected chi connectivity index (χ3v) is 4.01. The molecule has 2 aliphatic heterocycles. The van der Waals surface area contributed by atoms with Crippen LogP contribution >= 0.6 is 0 Å². The van der Waals surface area contributed by atoms with Gasteiger partial charge in [-0.15, -0.1) is 0 Å². The van der Waals surface area contributed by atoms with E-state index in [1.54, 1.807) is 11.0 Å². The molecule has 6 heteroatoms. The first kappa shape index (κ1) is 20.8. The van der Waals surface area contributed by atoms with Crippen molar-refractivity contribution in [2.75, 3.05) is 7.05 Å². The summed E-state index contributed by atoms with van der Waals surface area (Å²) < 4.78 is 0. The molecule has 25 heavy (non-hydrogen) atoms. The molecule has 1 unspecified atom stereocenters. The summed E-state index contributed by atoms with van der Waals surface area (Å²) in [4.78, 5) is 36.6. The Bertz CT molecular complexity index is 614. The summed E-state index contributed by atoms with van der Waals surface area (Å²) in [6.45, 7) is 8.67. The lowest BCUT2D eigenvalue weighted by molar-refractivity contribution is -0.136. The van der Waals surface area contributed by atoms with Crippen molar-refractivity contribution in [2.24, 2.45) is 0 Å². The molecule has 1 atom stereocenters. The highest BCUT2D eigenvalue weighted by Gasteiger charge is 2.38. The number of rotatable bonds is 2. The molecule has 3 rings (SSSR count). The summed E-state index contributed by atoms with van der Waals surface area (Å²) in [5.74, 6) is -0.757. The van der Waals surface area contributed by atoms with Gasteiger partial charge in [0.05, 0.1) is 0 Å². The fraction of sp³-hybridized carbons (Fsp3) is 0.526. The van der Waals surface area contributed by atoms with Crippen LogP contribution in [0.4, 0.5) is 0 Å². The number of fused-ring (bicyclic) bond motifs is 1. The van der Waals surface area contributed by atoms with Gasteiger partial charge in [-0.25, -0.2) is 0 Å². The lowest BCUT2D eigenvalue weighted by atomic mass is 10.0. The number of nitrogens with zero attached hydrogens (tertiary/aromatic N) is 1. The second-order valence-electron chi connectivity index (χ2n) is 6.00. The van der Waals surface area contributed by atoms with E-state index in [1.807, 2.05) is 39.1 Å². The summed E-state index contributed by atoms with van der Waals surface area (Å²) in [6.07, 6.45) is 0.695. The summed E-state index contributed by atoms with van der Waals surface area (Å²) in [5, 5.41) is 5.31. The molecule has 1 aromatic rings. The maximum atomic E-state index is 12.2. The van der Waals surface area contributed by atoms with Crippen LogP contribution < -0.4 is 10.6 Å². The molecule has 0 saturated carbocycles. The number of amides is 3. The Morgan fingerprint density at radius 2 is 1.76 bits per heavy atom. The number of carbonyl (C=O) groups is 3. The van der Waals surface area contributed by atoms with Crippen LogP contribution in [0.15, 0.2) is 24.3 Å². The van der Waals surface area contributed by atoms with Crippen LogP contribution in [0.5, 0.6) is 0 Å². The van der Waals surface area contributed by atoms with E-state index in [1.165, 1.54) is 0 Å². The van der Waals surface area contributed by atoms with Crippen LogP contribution in [0, 0.1) is 0 Å². The van der Waals surface area contributed by atoms with Gasteiger partial charge >= 0.3 is 0 Å². The maximum Gasteiger partial charge on any atom is 0.255 e. The molecular formula is C19H29N3O3. The largest absolute Gasteiger partial charge is 0.322 e. The van der Waals surface area contributed by atoms with E-state index >= 15 is 0 Å². The van der Waals surface area contributed by atoms with Crippen molar-refractivity contribution in [1.82, 2.24) is 15.5 Å². The van der Waals surface area contributed by atoms with E-state index < -0.39 is 6.04 Å². The monoisotopic (exact) mass is 347 g/mol. The van der Waals surface area contributed by atoms with E-state index in [9.17, 15) is 14.4 Å². The molecular weight excluding hydrogens is 318 g/mol. The molecule has 1 saturated heterocycles. The minimum absolute atomic E-state index is 0.125. The number of benzene rings is 1. The molecule has 0 spiro atoms. The average molecular weight is 347 g/mol. The van der Waals surface area contributed by atoms with Gasteiger partial charge in [0.25, 0.3) is 5.91 Å². The van der Waals surface area contributed by atoms with Crippen LogP contribution in [-0.2, 0) is 16.1 Å². The van der Waals surface area contributed by atoms with Crippen molar-refractivity contribution in [2.45, 2.75) is 59.2 Å². The molecule has 2 heterocycles. The number of hydrogen-bond acceptors (Lipinski definition) is 4. The van der Waals surface area contributed by atoms with Gasteiger partial charge < -0.3 is 10.2 Å². The molecule has 2 aliphatic rings. The molecule has 6 nitrogen and oxygen atoms in total. The summed E-state index contributed by atoms with van der Waals surface area (Å²) in [7, 11) is 1.95. The van der Waals surface area contributed by atoms with Gasteiger partial charge in [0.1, 0.15) is 6.04 Å². The first-order valence-corrected chi connectivity index (χ1v) is 8.84. The Kier molecular flexibility index (Phi) is 8.28. The van der Waals surface area contributed by atoms with Gasteiger partial charge in [0.15, 0.2) is 0 Å². The van der Waals surface area contributed by atoms with Gasteiger partial charge in [-0.2, -0.15) is 0 Å². The van der Waals surface area contributed by atoms with Crippen LogP contribution in [0.25, 0.3) is 0 Å². The lowest BCUT2D eigenvalue weighted by Gasteiger charge is -2.29. The van der Waals surface area contributed by atoms with Crippen LogP contribution in [0.1, 0.15) is 56.5 Å². The molecule has 0 radical (unpaired) electrons. The number of hydrogen-bond donors (Lipinski definition) is 2. The highest BCUT2D eigenvalue weighted by atomic mass is 16.2. The normalized spacial score (nSPS) is 18.7. The smallest absolute Gasteiger partial charge is 0.255 e. The Hall–Kier alpha value is -2.21. The van der Waals surface area contributed by atoms with Crippen molar-refractivity contribution in [3.05, 3.63) is 35.4 Å². The zero-order valence-electron chi connectivity index (χ0n) is 15.8. The molecule has 1 fully saturated rings. The second kappa shape index (κ2) is 9.93. The first-order valence-electron chi connectivity index (χ1n) is 8.84. The maximum absolute atomic E-state index is 12.2.